The molecular weight excluding hydrogens is 444 g/mol. The first-order valence-corrected chi connectivity index (χ1v) is 12.7. The van der Waals surface area contributed by atoms with E-state index >= 15 is 0 Å². The highest BCUT2D eigenvalue weighted by Crippen LogP contribution is 2.31. The summed E-state index contributed by atoms with van der Waals surface area (Å²) in [5, 5.41) is 6.18. The molecular formula is C23H22N4O3S2. The molecule has 2 N–H and O–H groups in total. The molecule has 0 aliphatic carbocycles. The highest BCUT2D eigenvalue weighted by Gasteiger charge is 2.13. The van der Waals surface area contributed by atoms with E-state index in [0.717, 1.165) is 27.0 Å². The highest BCUT2D eigenvalue weighted by molar-refractivity contribution is 7.90. The quantitative estimate of drug-likeness (QED) is 0.435. The van der Waals surface area contributed by atoms with Crippen molar-refractivity contribution < 1.29 is 13.2 Å². The molecule has 164 valence electrons. The number of nitrogens with zero attached hydrogens (tertiary/aromatic N) is 2. The third kappa shape index (κ3) is 5.30. The molecule has 0 fully saturated rings. The second kappa shape index (κ2) is 9.05. The molecule has 32 heavy (non-hydrogen) atoms. The Morgan fingerprint density at radius 2 is 1.88 bits per heavy atom. The van der Waals surface area contributed by atoms with E-state index in [4.69, 9.17) is 0 Å². The van der Waals surface area contributed by atoms with Gasteiger partial charge in [0.15, 0.2) is 15.0 Å². The number of hydrogen-bond acceptors (Lipinski definition) is 6. The molecule has 2 amide bonds. The van der Waals surface area contributed by atoms with Gasteiger partial charge >= 0.3 is 6.03 Å². The number of pyridine rings is 1. The predicted molar refractivity (Wildman–Crippen MR) is 128 cm³/mol. The molecule has 2 aromatic carbocycles. The van der Waals surface area contributed by atoms with Crippen LogP contribution >= 0.6 is 11.3 Å². The molecule has 0 aliphatic heterocycles. The van der Waals surface area contributed by atoms with Crippen LogP contribution < -0.4 is 10.6 Å². The summed E-state index contributed by atoms with van der Waals surface area (Å²) in [6.45, 7) is 1.92. The van der Waals surface area contributed by atoms with Crippen molar-refractivity contribution in [1.82, 2.24) is 15.3 Å². The van der Waals surface area contributed by atoms with E-state index in [2.05, 4.69) is 20.6 Å². The van der Waals surface area contributed by atoms with Gasteiger partial charge in [-0.3, -0.25) is 10.3 Å². The molecule has 2 heterocycles. The Morgan fingerprint density at radius 1 is 1.06 bits per heavy atom. The summed E-state index contributed by atoms with van der Waals surface area (Å²) in [5.74, 6) is 0. The molecule has 0 saturated carbocycles. The molecule has 0 radical (unpaired) electrons. The van der Waals surface area contributed by atoms with Crippen LogP contribution in [-0.2, 0) is 16.3 Å². The second-order valence-corrected chi connectivity index (χ2v) is 10.6. The van der Waals surface area contributed by atoms with E-state index in [1.165, 1.54) is 17.6 Å². The number of aromatic nitrogens is 2. The number of hydrogen-bond donors (Lipinski definition) is 2. The third-order valence-corrected chi connectivity index (χ3v) is 6.87. The van der Waals surface area contributed by atoms with Gasteiger partial charge in [-0.25, -0.2) is 18.2 Å². The number of benzene rings is 2. The largest absolute Gasteiger partial charge is 0.335 e. The standard InChI is InChI=1S/C23H22N4O3S2/c1-15(12-18-7-3-4-11-24-18)25-22(28)27-23-26-20-10-9-17(14-21(20)31-23)16-6-5-8-19(13-16)32(2,29)30/h3-11,13-15H,12H2,1-2H3,(H2,25,26,27,28). The van der Waals surface area contributed by atoms with Crippen LogP contribution in [0, 0.1) is 0 Å². The van der Waals surface area contributed by atoms with Crippen LogP contribution in [0.2, 0.25) is 0 Å². The van der Waals surface area contributed by atoms with Gasteiger partial charge in [0.25, 0.3) is 0 Å². The second-order valence-electron chi connectivity index (χ2n) is 7.53. The van der Waals surface area contributed by atoms with E-state index in [1.54, 1.807) is 24.4 Å². The van der Waals surface area contributed by atoms with E-state index in [-0.39, 0.29) is 17.0 Å². The summed E-state index contributed by atoms with van der Waals surface area (Å²) < 4.78 is 24.6. The number of rotatable bonds is 6. The number of carbonyl (C=O) groups excluding carboxylic acids is 1. The number of thiazole rings is 1. The predicted octanol–water partition coefficient (Wildman–Crippen LogP) is 4.51. The Hall–Kier alpha value is -3.30. The van der Waals surface area contributed by atoms with Crippen LogP contribution in [0.15, 0.2) is 71.8 Å². The number of carbonyl (C=O) groups is 1. The van der Waals surface area contributed by atoms with Crippen LogP contribution in [0.5, 0.6) is 0 Å². The number of anilines is 1. The van der Waals surface area contributed by atoms with Crippen LogP contribution in [0.25, 0.3) is 21.3 Å². The summed E-state index contributed by atoms with van der Waals surface area (Å²) in [5.41, 5.74) is 3.35. The Labute approximate surface area is 190 Å². The van der Waals surface area contributed by atoms with Crippen molar-refractivity contribution in [1.29, 1.82) is 0 Å². The lowest BCUT2D eigenvalue weighted by atomic mass is 10.1. The van der Waals surface area contributed by atoms with Crippen molar-refractivity contribution in [3.8, 4) is 11.1 Å². The summed E-state index contributed by atoms with van der Waals surface area (Å²) in [6, 6.07) is 17.8. The number of fused-ring (bicyclic) bond motifs is 1. The number of urea groups is 1. The van der Waals surface area contributed by atoms with Crippen LogP contribution in [0.3, 0.4) is 0 Å². The molecule has 0 spiro atoms. The fourth-order valence-electron chi connectivity index (χ4n) is 3.30. The van der Waals surface area contributed by atoms with Crippen molar-refractivity contribution in [2.75, 3.05) is 11.6 Å². The summed E-state index contributed by atoms with van der Waals surface area (Å²) >= 11 is 1.36. The van der Waals surface area contributed by atoms with Crippen LogP contribution in [0.4, 0.5) is 9.93 Å². The normalized spacial score (nSPS) is 12.4. The highest BCUT2D eigenvalue weighted by atomic mass is 32.2. The van der Waals surface area contributed by atoms with Gasteiger partial charge in [-0.15, -0.1) is 0 Å². The summed E-state index contributed by atoms with van der Waals surface area (Å²) in [6.07, 6.45) is 3.55. The lowest BCUT2D eigenvalue weighted by Crippen LogP contribution is -2.37. The monoisotopic (exact) mass is 466 g/mol. The molecule has 1 unspecified atom stereocenters. The molecule has 0 aliphatic rings. The zero-order chi connectivity index (χ0) is 22.7. The first-order chi connectivity index (χ1) is 15.3. The molecule has 4 rings (SSSR count). The Bertz CT molecular complexity index is 1370. The lowest BCUT2D eigenvalue weighted by molar-refractivity contribution is 0.249. The Morgan fingerprint density at radius 3 is 2.62 bits per heavy atom. The first kappa shape index (κ1) is 21.9. The third-order valence-electron chi connectivity index (χ3n) is 4.82. The fraction of sp³-hybridized carbons (Fsp3) is 0.174. The lowest BCUT2D eigenvalue weighted by Gasteiger charge is -2.13. The van der Waals surface area contributed by atoms with Gasteiger partial charge in [0.2, 0.25) is 0 Å². The minimum Gasteiger partial charge on any atom is -0.335 e. The van der Waals surface area contributed by atoms with Gasteiger partial charge < -0.3 is 5.32 Å². The molecule has 0 saturated heterocycles. The molecule has 0 bridgehead atoms. The number of sulfone groups is 1. The summed E-state index contributed by atoms with van der Waals surface area (Å²) in [7, 11) is -3.28. The summed E-state index contributed by atoms with van der Waals surface area (Å²) in [4.78, 5) is 21.4. The maximum absolute atomic E-state index is 12.4. The Kier molecular flexibility index (Phi) is 6.20. The van der Waals surface area contributed by atoms with E-state index in [0.29, 0.717) is 11.6 Å². The minimum absolute atomic E-state index is 0.0898. The van der Waals surface area contributed by atoms with Crippen molar-refractivity contribution in [2.45, 2.75) is 24.3 Å². The fourth-order valence-corrected chi connectivity index (χ4v) is 4.87. The van der Waals surface area contributed by atoms with Gasteiger partial charge in [0, 0.05) is 30.6 Å². The molecule has 2 aromatic heterocycles. The van der Waals surface area contributed by atoms with E-state index in [9.17, 15) is 13.2 Å². The Balaban J connectivity index is 1.47. The van der Waals surface area contributed by atoms with E-state index in [1.807, 2.05) is 49.4 Å². The average Bonchev–Trinajstić information content (AvgIpc) is 3.15. The maximum Gasteiger partial charge on any atom is 0.321 e. The van der Waals surface area contributed by atoms with E-state index < -0.39 is 9.84 Å². The van der Waals surface area contributed by atoms with Gasteiger partial charge in [0.05, 0.1) is 15.1 Å². The van der Waals surface area contributed by atoms with Crippen molar-refractivity contribution in [2.24, 2.45) is 0 Å². The van der Waals surface area contributed by atoms with Crippen molar-refractivity contribution in [3.05, 3.63) is 72.6 Å². The smallest absolute Gasteiger partial charge is 0.321 e. The van der Waals surface area contributed by atoms with Gasteiger partial charge in [0.1, 0.15) is 0 Å². The van der Waals surface area contributed by atoms with Gasteiger partial charge in [-0.2, -0.15) is 0 Å². The number of nitrogens with one attached hydrogen (secondary N) is 2. The first-order valence-electron chi connectivity index (χ1n) is 9.96. The van der Waals surface area contributed by atoms with Gasteiger partial charge in [-0.05, 0) is 54.4 Å². The van der Waals surface area contributed by atoms with Crippen LogP contribution in [0.1, 0.15) is 12.6 Å². The zero-order valence-electron chi connectivity index (χ0n) is 17.6. The van der Waals surface area contributed by atoms with Gasteiger partial charge in [-0.1, -0.05) is 35.6 Å². The topological polar surface area (TPSA) is 101 Å². The van der Waals surface area contributed by atoms with Crippen LogP contribution in [-0.4, -0.2) is 36.7 Å². The average molecular weight is 467 g/mol. The molecule has 1 atom stereocenters. The molecule has 9 heteroatoms. The van der Waals surface area contributed by atoms with Crippen molar-refractivity contribution in [3.63, 3.8) is 0 Å². The maximum atomic E-state index is 12.4. The van der Waals surface area contributed by atoms with Crippen molar-refractivity contribution >= 4 is 42.6 Å². The SMILES string of the molecule is CC(Cc1ccccn1)NC(=O)Nc1nc2ccc(-c3cccc(S(C)(=O)=O)c3)cc2s1. The zero-order valence-corrected chi connectivity index (χ0v) is 19.2. The molecule has 7 nitrogen and oxygen atoms in total. The minimum atomic E-state index is -3.28. The molecule has 4 aromatic rings. The number of amides is 2.